The number of carbonyl (C=O) groups excluding carboxylic acids is 1. The van der Waals surface area contributed by atoms with E-state index in [1.807, 2.05) is 42.5 Å². The fraction of sp³-hybridized carbons (Fsp3) is 0.200. The molecular weight excluding hydrogens is 529 g/mol. The third-order valence-electron chi connectivity index (χ3n) is 7.05. The van der Waals surface area contributed by atoms with Crippen LogP contribution in [0.4, 0.5) is 4.39 Å². The molecular formula is C30H26FN5O3S. The first-order valence-electron chi connectivity index (χ1n) is 12.9. The Kier molecular flexibility index (Phi) is 6.85. The van der Waals surface area contributed by atoms with E-state index in [4.69, 9.17) is 4.74 Å². The molecule has 3 heterocycles. The molecule has 0 saturated carbocycles. The summed E-state index contributed by atoms with van der Waals surface area (Å²) < 4.78 is 32.9. The molecule has 40 heavy (non-hydrogen) atoms. The van der Waals surface area contributed by atoms with Gasteiger partial charge in [-0.15, -0.1) is 0 Å². The average molecular weight is 556 g/mol. The molecule has 10 heteroatoms. The van der Waals surface area contributed by atoms with E-state index in [1.54, 1.807) is 30.3 Å². The molecule has 0 bridgehead atoms. The number of imidazole rings is 1. The quantitative estimate of drug-likeness (QED) is 0.322. The number of benzene rings is 3. The lowest BCUT2D eigenvalue weighted by Gasteiger charge is -2.22. The Labute approximate surface area is 232 Å². The number of hydrogen-bond donors (Lipinski definition) is 1. The van der Waals surface area contributed by atoms with Crippen LogP contribution in [-0.2, 0) is 23.8 Å². The van der Waals surface area contributed by atoms with Crippen molar-refractivity contribution in [2.75, 3.05) is 19.4 Å². The van der Waals surface area contributed by atoms with Crippen LogP contribution in [0.25, 0.3) is 33.8 Å². The Morgan fingerprint density at radius 2 is 1.80 bits per heavy atom. The van der Waals surface area contributed by atoms with Crippen molar-refractivity contribution >= 4 is 28.0 Å². The SMILES string of the molecule is CCc1c(C(=O)N2CCOc3ccc(-c4ccc(-c5nc6nccnc6[nH]5)cc4)cc3C2)ccc(S(C)=O)c1F. The van der Waals surface area contributed by atoms with Crippen LogP contribution in [0.3, 0.4) is 0 Å². The predicted molar refractivity (Wildman–Crippen MR) is 151 cm³/mol. The number of carbonyl (C=O) groups is 1. The smallest absolute Gasteiger partial charge is 0.254 e. The Hall–Kier alpha value is -4.44. The van der Waals surface area contributed by atoms with Crippen LogP contribution in [0.15, 0.2) is 71.9 Å². The van der Waals surface area contributed by atoms with Crippen LogP contribution in [-0.4, -0.2) is 54.4 Å². The number of nitrogens with zero attached hydrogens (tertiary/aromatic N) is 4. The number of hydrogen-bond acceptors (Lipinski definition) is 6. The highest BCUT2D eigenvalue weighted by molar-refractivity contribution is 7.84. The zero-order chi connectivity index (χ0) is 27.8. The molecule has 1 aliphatic rings. The maximum absolute atomic E-state index is 15.1. The minimum absolute atomic E-state index is 0.113. The highest BCUT2D eigenvalue weighted by Gasteiger charge is 2.25. The molecule has 202 valence electrons. The Morgan fingerprint density at radius 3 is 2.55 bits per heavy atom. The van der Waals surface area contributed by atoms with Gasteiger partial charge in [0, 0.05) is 47.4 Å². The lowest BCUT2D eigenvalue weighted by atomic mass is 10.00. The van der Waals surface area contributed by atoms with Gasteiger partial charge in [0.25, 0.3) is 5.91 Å². The number of fused-ring (bicyclic) bond motifs is 2. The zero-order valence-corrected chi connectivity index (χ0v) is 22.8. The molecule has 1 unspecified atom stereocenters. The summed E-state index contributed by atoms with van der Waals surface area (Å²) in [6.45, 7) is 2.81. The fourth-order valence-electron chi connectivity index (χ4n) is 4.99. The minimum atomic E-state index is -1.48. The molecule has 8 nitrogen and oxygen atoms in total. The van der Waals surface area contributed by atoms with E-state index in [-0.39, 0.29) is 16.4 Å². The molecule has 0 radical (unpaired) electrons. The van der Waals surface area contributed by atoms with E-state index in [9.17, 15) is 9.00 Å². The van der Waals surface area contributed by atoms with Gasteiger partial charge in [0.05, 0.1) is 22.2 Å². The first-order chi connectivity index (χ1) is 19.4. The molecule has 0 spiro atoms. The van der Waals surface area contributed by atoms with Crippen LogP contribution in [0.2, 0.25) is 0 Å². The first-order valence-corrected chi connectivity index (χ1v) is 14.5. The summed E-state index contributed by atoms with van der Waals surface area (Å²) in [5.74, 6) is 0.571. The van der Waals surface area contributed by atoms with Crippen LogP contribution in [0, 0.1) is 5.82 Å². The van der Waals surface area contributed by atoms with Crippen LogP contribution < -0.4 is 4.74 Å². The third-order valence-corrected chi connectivity index (χ3v) is 7.99. The van der Waals surface area contributed by atoms with Gasteiger partial charge in [-0.05, 0) is 41.8 Å². The third kappa shape index (κ3) is 4.75. The fourth-order valence-corrected chi connectivity index (χ4v) is 5.62. The Bertz CT molecular complexity index is 1740. The number of aromatic nitrogens is 4. The number of ether oxygens (including phenoxy) is 1. The van der Waals surface area contributed by atoms with Crippen molar-refractivity contribution in [3.63, 3.8) is 0 Å². The van der Waals surface area contributed by atoms with Gasteiger partial charge in [-0.25, -0.2) is 19.3 Å². The maximum atomic E-state index is 15.1. The summed E-state index contributed by atoms with van der Waals surface area (Å²) in [6, 6.07) is 17.0. The van der Waals surface area contributed by atoms with Crippen molar-refractivity contribution in [2.24, 2.45) is 0 Å². The van der Waals surface area contributed by atoms with E-state index < -0.39 is 16.6 Å². The number of nitrogens with one attached hydrogen (secondary N) is 1. The second kappa shape index (κ2) is 10.6. The summed E-state index contributed by atoms with van der Waals surface area (Å²) >= 11 is 0. The minimum Gasteiger partial charge on any atom is -0.491 e. The van der Waals surface area contributed by atoms with Gasteiger partial charge in [0.1, 0.15) is 24.0 Å². The second-order valence-electron chi connectivity index (χ2n) is 9.50. The van der Waals surface area contributed by atoms with Crippen LogP contribution >= 0.6 is 0 Å². The largest absolute Gasteiger partial charge is 0.491 e. The van der Waals surface area contributed by atoms with E-state index in [0.717, 1.165) is 28.0 Å². The van der Waals surface area contributed by atoms with Crippen molar-refractivity contribution in [3.8, 4) is 28.3 Å². The standard InChI is InChI=1S/C30H26FN5O3S/c1-3-22-23(9-11-25(26(22)31)40(2)38)30(37)36-14-15-39-24-10-8-20(16-21(24)17-36)18-4-6-19(7-5-18)27-34-28-29(35-27)33-13-12-32-28/h4-13,16H,3,14-15,17H2,1-2H3,(H,32,33,34,35). The lowest BCUT2D eigenvalue weighted by Crippen LogP contribution is -2.33. The second-order valence-corrected chi connectivity index (χ2v) is 10.8. The molecule has 0 saturated heterocycles. The maximum Gasteiger partial charge on any atom is 0.254 e. The predicted octanol–water partition coefficient (Wildman–Crippen LogP) is 5.16. The highest BCUT2D eigenvalue weighted by atomic mass is 32.2. The summed E-state index contributed by atoms with van der Waals surface area (Å²) in [7, 11) is -1.48. The van der Waals surface area contributed by atoms with Gasteiger partial charge in [0.15, 0.2) is 11.3 Å². The van der Waals surface area contributed by atoms with Crippen molar-refractivity contribution in [2.45, 2.75) is 24.8 Å². The number of amides is 1. The van der Waals surface area contributed by atoms with Crippen molar-refractivity contribution in [1.29, 1.82) is 0 Å². The molecule has 5 aromatic rings. The highest BCUT2D eigenvalue weighted by Crippen LogP contribution is 2.32. The van der Waals surface area contributed by atoms with Crippen molar-refractivity contribution in [1.82, 2.24) is 24.8 Å². The van der Waals surface area contributed by atoms with Crippen LogP contribution in [0.5, 0.6) is 5.75 Å². The molecule has 3 aromatic carbocycles. The normalized spacial score (nSPS) is 13.9. The Morgan fingerprint density at radius 1 is 1.05 bits per heavy atom. The Balaban J connectivity index is 1.27. The molecule has 2 aromatic heterocycles. The molecule has 0 aliphatic carbocycles. The summed E-state index contributed by atoms with van der Waals surface area (Å²) in [5.41, 5.74) is 5.54. The number of H-pyrrole nitrogens is 1. The first kappa shape index (κ1) is 25.8. The van der Waals surface area contributed by atoms with E-state index in [2.05, 4.69) is 19.9 Å². The van der Waals surface area contributed by atoms with E-state index >= 15 is 4.39 Å². The van der Waals surface area contributed by atoms with Gasteiger partial charge < -0.3 is 14.6 Å². The number of rotatable bonds is 5. The van der Waals surface area contributed by atoms with Crippen molar-refractivity contribution < 1.29 is 18.1 Å². The number of halogens is 1. The van der Waals surface area contributed by atoms with Crippen LogP contribution in [0.1, 0.15) is 28.4 Å². The topological polar surface area (TPSA) is 101 Å². The summed E-state index contributed by atoms with van der Waals surface area (Å²) in [6.07, 6.45) is 4.98. The number of aromatic amines is 1. The molecule has 0 fully saturated rings. The summed E-state index contributed by atoms with van der Waals surface area (Å²) in [4.78, 5) is 31.6. The van der Waals surface area contributed by atoms with E-state index in [0.29, 0.717) is 48.8 Å². The van der Waals surface area contributed by atoms with Gasteiger partial charge in [-0.3, -0.25) is 9.00 Å². The van der Waals surface area contributed by atoms with Gasteiger partial charge >= 0.3 is 0 Å². The zero-order valence-electron chi connectivity index (χ0n) is 22.0. The average Bonchev–Trinajstić information content (AvgIpc) is 3.29. The van der Waals surface area contributed by atoms with Gasteiger partial charge in [-0.2, -0.15) is 0 Å². The van der Waals surface area contributed by atoms with E-state index in [1.165, 1.54) is 12.3 Å². The molecule has 6 rings (SSSR count). The molecule has 1 aliphatic heterocycles. The van der Waals surface area contributed by atoms with Gasteiger partial charge in [-0.1, -0.05) is 37.3 Å². The molecule has 1 atom stereocenters. The monoisotopic (exact) mass is 555 g/mol. The summed E-state index contributed by atoms with van der Waals surface area (Å²) in [5, 5.41) is 0. The lowest BCUT2D eigenvalue weighted by molar-refractivity contribution is 0.0731. The van der Waals surface area contributed by atoms with Crippen molar-refractivity contribution in [3.05, 3.63) is 89.5 Å². The van der Waals surface area contributed by atoms with Gasteiger partial charge in [0.2, 0.25) is 0 Å². The molecule has 1 N–H and O–H groups in total. The molecule has 1 amide bonds.